The molecule has 0 saturated heterocycles. The van der Waals surface area contributed by atoms with Gasteiger partial charge in [-0.1, -0.05) is 13.8 Å². The number of anilines is 1. The van der Waals surface area contributed by atoms with Crippen molar-refractivity contribution in [3.05, 3.63) is 21.0 Å². The van der Waals surface area contributed by atoms with Crippen LogP contribution in [-0.2, 0) is 11.3 Å². The van der Waals surface area contributed by atoms with Crippen molar-refractivity contribution in [3.63, 3.8) is 0 Å². The lowest BCUT2D eigenvalue weighted by atomic mass is 9.94. The molecular formula is C13H23BrN4O2. The molecule has 7 heteroatoms. The van der Waals surface area contributed by atoms with E-state index in [0.717, 1.165) is 12.8 Å². The third-order valence-electron chi connectivity index (χ3n) is 3.53. The Morgan fingerprint density at radius 3 is 2.70 bits per heavy atom. The van der Waals surface area contributed by atoms with Crippen LogP contribution < -0.4 is 16.6 Å². The minimum Gasteiger partial charge on any atom is -0.383 e. The summed E-state index contributed by atoms with van der Waals surface area (Å²) in [5.74, 6) is 0. The van der Waals surface area contributed by atoms with Crippen molar-refractivity contribution >= 4 is 21.6 Å². The van der Waals surface area contributed by atoms with Gasteiger partial charge in [0.15, 0.2) is 0 Å². The van der Waals surface area contributed by atoms with E-state index in [1.807, 2.05) is 0 Å². The van der Waals surface area contributed by atoms with Crippen LogP contribution in [0.5, 0.6) is 0 Å². The minimum atomic E-state index is -0.273. The quantitative estimate of drug-likeness (QED) is 0.746. The first-order valence-electron chi connectivity index (χ1n) is 6.74. The fourth-order valence-corrected chi connectivity index (χ4v) is 2.14. The lowest BCUT2D eigenvalue weighted by Crippen LogP contribution is -2.45. The lowest BCUT2D eigenvalue weighted by molar-refractivity contribution is 0.181. The monoisotopic (exact) mass is 346 g/mol. The number of halogens is 1. The zero-order valence-electron chi connectivity index (χ0n) is 12.3. The van der Waals surface area contributed by atoms with Crippen LogP contribution >= 0.6 is 15.9 Å². The first-order chi connectivity index (χ1) is 9.47. The van der Waals surface area contributed by atoms with Crippen molar-refractivity contribution in [2.24, 2.45) is 5.73 Å². The number of nitrogens with one attached hydrogen (secondary N) is 1. The summed E-state index contributed by atoms with van der Waals surface area (Å²) in [5.41, 5.74) is 6.45. The maximum Gasteiger partial charge on any atom is 0.283 e. The van der Waals surface area contributed by atoms with Crippen LogP contribution in [0.3, 0.4) is 0 Å². The summed E-state index contributed by atoms with van der Waals surface area (Å²) in [6, 6.07) is 0. The zero-order chi connectivity index (χ0) is 15.2. The predicted molar refractivity (Wildman–Crippen MR) is 84.1 cm³/mol. The van der Waals surface area contributed by atoms with Crippen LogP contribution in [0.25, 0.3) is 0 Å². The average Bonchev–Trinajstić information content (AvgIpc) is 2.47. The summed E-state index contributed by atoms with van der Waals surface area (Å²) in [6.45, 7) is 5.59. The summed E-state index contributed by atoms with van der Waals surface area (Å²) in [6.07, 6.45) is 3.37. The number of methoxy groups -OCH3 is 1. The van der Waals surface area contributed by atoms with E-state index in [1.54, 1.807) is 13.3 Å². The molecule has 1 aromatic heterocycles. The Morgan fingerprint density at radius 1 is 1.50 bits per heavy atom. The summed E-state index contributed by atoms with van der Waals surface area (Å²) >= 11 is 3.32. The molecule has 0 saturated carbocycles. The molecule has 3 N–H and O–H groups in total. The second-order valence-electron chi connectivity index (χ2n) is 4.82. The molecule has 0 atom stereocenters. The van der Waals surface area contributed by atoms with Crippen molar-refractivity contribution in [3.8, 4) is 0 Å². The average molecular weight is 347 g/mol. The molecule has 6 nitrogen and oxygen atoms in total. The summed E-state index contributed by atoms with van der Waals surface area (Å²) in [5, 5.41) is 7.32. The third kappa shape index (κ3) is 4.29. The number of aromatic nitrogens is 2. The largest absolute Gasteiger partial charge is 0.383 e. The van der Waals surface area contributed by atoms with Gasteiger partial charge >= 0.3 is 0 Å². The number of nitrogens with zero attached hydrogens (tertiary/aromatic N) is 2. The van der Waals surface area contributed by atoms with Gasteiger partial charge in [-0.05, 0) is 28.8 Å². The molecule has 0 amide bonds. The second-order valence-corrected chi connectivity index (χ2v) is 5.61. The SMILES string of the molecule is CCC(N)(CC)CNc1cnn(CCOC)c(=O)c1Br. The topological polar surface area (TPSA) is 82.2 Å². The maximum absolute atomic E-state index is 12.1. The van der Waals surface area contributed by atoms with Gasteiger partial charge in [0.2, 0.25) is 0 Å². The van der Waals surface area contributed by atoms with Crippen LogP contribution in [0.1, 0.15) is 26.7 Å². The predicted octanol–water partition coefficient (Wildman–Crippen LogP) is 1.58. The molecular weight excluding hydrogens is 324 g/mol. The van der Waals surface area contributed by atoms with Crippen LogP contribution in [0.2, 0.25) is 0 Å². The fourth-order valence-electron chi connectivity index (χ4n) is 1.70. The van der Waals surface area contributed by atoms with Gasteiger partial charge in [0.05, 0.1) is 25.0 Å². The molecule has 1 rings (SSSR count). The maximum atomic E-state index is 12.1. The standard InChI is InChI=1S/C13H23BrN4O2/c1-4-13(15,5-2)9-16-10-8-17-18(6-7-20-3)12(19)11(10)14/h8,16H,4-7,9,15H2,1-3H3. The van der Waals surface area contributed by atoms with Gasteiger partial charge in [-0.25, -0.2) is 4.68 Å². The molecule has 0 fully saturated rings. The smallest absolute Gasteiger partial charge is 0.283 e. The van der Waals surface area contributed by atoms with Gasteiger partial charge in [-0.3, -0.25) is 4.79 Å². The molecule has 114 valence electrons. The Morgan fingerprint density at radius 2 is 2.15 bits per heavy atom. The molecule has 0 unspecified atom stereocenters. The van der Waals surface area contributed by atoms with E-state index >= 15 is 0 Å². The van der Waals surface area contributed by atoms with E-state index in [9.17, 15) is 4.79 Å². The van der Waals surface area contributed by atoms with Gasteiger partial charge in [0.25, 0.3) is 5.56 Å². The fraction of sp³-hybridized carbons (Fsp3) is 0.692. The molecule has 0 aliphatic carbocycles. The van der Waals surface area contributed by atoms with Crippen molar-refractivity contribution in [1.29, 1.82) is 0 Å². The Labute approximate surface area is 127 Å². The van der Waals surface area contributed by atoms with Crippen LogP contribution in [0.15, 0.2) is 15.5 Å². The number of ether oxygens (including phenoxy) is 1. The second kappa shape index (κ2) is 7.75. The molecule has 0 aliphatic rings. The molecule has 0 spiro atoms. The minimum absolute atomic E-state index is 0.178. The highest BCUT2D eigenvalue weighted by Gasteiger charge is 2.20. The van der Waals surface area contributed by atoms with E-state index < -0.39 is 0 Å². The summed E-state index contributed by atoms with van der Waals surface area (Å²) in [7, 11) is 1.59. The highest BCUT2D eigenvalue weighted by Crippen LogP contribution is 2.18. The molecule has 1 aromatic rings. The van der Waals surface area contributed by atoms with Crippen molar-refractivity contribution in [2.75, 3.05) is 25.6 Å². The Hall–Kier alpha value is -0.920. The lowest BCUT2D eigenvalue weighted by Gasteiger charge is -2.27. The van der Waals surface area contributed by atoms with E-state index in [2.05, 4.69) is 40.2 Å². The van der Waals surface area contributed by atoms with E-state index in [-0.39, 0.29) is 11.1 Å². The van der Waals surface area contributed by atoms with E-state index in [1.165, 1.54) is 4.68 Å². The number of hydrogen-bond donors (Lipinski definition) is 2. The first-order valence-corrected chi connectivity index (χ1v) is 7.54. The van der Waals surface area contributed by atoms with Crippen LogP contribution in [0, 0.1) is 0 Å². The summed E-state index contributed by atoms with van der Waals surface area (Å²) < 4.78 is 6.78. The van der Waals surface area contributed by atoms with E-state index in [4.69, 9.17) is 10.5 Å². The molecule has 0 aliphatic heterocycles. The molecule has 1 heterocycles. The third-order valence-corrected chi connectivity index (χ3v) is 4.30. The Balaban J connectivity index is 2.83. The van der Waals surface area contributed by atoms with Gasteiger partial charge in [0.1, 0.15) is 4.47 Å². The van der Waals surface area contributed by atoms with Gasteiger partial charge in [-0.15, -0.1) is 0 Å². The number of nitrogens with two attached hydrogens (primary N) is 1. The molecule has 0 aromatic carbocycles. The van der Waals surface area contributed by atoms with Gasteiger partial charge < -0.3 is 15.8 Å². The highest BCUT2D eigenvalue weighted by molar-refractivity contribution is 9.10. The Kier molecular flexibility index (Phi) is 6.64. The number of rotatable bonds is 8. The Bertz CT molecular complexity index is 486. The van der Waals surface area contributed by atoms with Gasteiger partial charge in [-0.2, -0.15) is 5.10 Å². The van der Waals surface area contributed by atoms with Gasteiger partial charge in [0, 0.05) is 19.2 Å². The highest BCUT2D eigenvalue weighted by atomic mass is 79.9. The molecule has 20 heavy (non-hydrogen) atoms. The van der Waals surface area contributed by atoms with Crippen LogP contribution in [0.4, 0.5) is 5.69 Å². The summed E-state index contributed by atoms with van der Waals surface area (Å²) in [4.78, 5) is 12.1. The normalized spacial score (nSPS) is 11.7. The van der Waals surface area contributed by atoms with Crippen LogP contribution in [-0.4, -0.2) is 35.6 Å². The zero-order valence-corrected chi connectivity index (χ0v) is 13.9. The van der Waals surface area contributed by atoms with Crippen molar-refractivity contribution in [1.82, 2.24) is 9.78 Å². The molecule has 0 radical (unpaired) electrons. The van der Waals surface area contributed by atoms with E-state index in [0.29, 0.717) is 29.9 Å². The number of hydrogen-bond acceptors (Lipinski definition) is 5. The molecule has 0 bridgehead atoms. The first kappa shape index (κ1) is 17.1. The van der Waals surface area contributed by atoms with Crippen molar-refractivity contribution in [2.45, 2.75) is 38.8 Å². The van der Waals surface area contributed by atoms with Crippen molar-refractivity contribution < 1.29 is 4.74 Å².